The quantitative estimate of drug-likeness (QED) is 0.711. The number of hydrogen-bond acceptors (Lipinski definition) is 5. The molecule has 0 bridgehead atoms. The Morgan fingerprint density at radius 1 is 1.52 bits per heavy atom. The lowest BCUT2D eigenvalue weighted by atomic mass is 10.1. The van der Waals surface area contributed by atoms with Crippen LogP contribution in [0.4, 0.5) is 0 Å². The summed E-state index contributed by atoms with van der Waals surface area (Å²) in [6, 6.07) is 4.78. The zero-order chi connectivity index (χ0) is 16.8. The number of nitrogens with one attached hydrogen (secondary N) is 2. The van der Waals surface area contributed by atoms with Crippen molar-refractivity contribution in [2.45, 2.75) is 25.8 Å². The van der Waals surface area contributed by atoms with E-state index in [2.05, 4.69) is 20.5 Å². The summed E-state index contributed by atoms with van der Waals surface area (Å²) < 4.78 is 5.09. The largest absolute Gasteiger partial charge is 0.495 e. The van der Waals surface area contributed by atoms with Crippen molar-refractivity contribution in [2.75, 3.05) is 13.7 Å². The van der Waals surface area contributed by atoms with Crippen LogP contribution in [0.25, 0.3) is 0 Å². The van der Waals surface area contributed by atoms with E-state index >= 15 is 0 Å². The van der Waals surface area contributed by atoms with Crippen molar-refractivity contribution < 1.29 is 14.6 Å². The third-order valence-corrected chi connectivity index (χ3v) is 3.60. The number of hydrogen-bond donors (Lipinski definition) is 3. The van der Waals surface area contributed by atoms with Gasteiger partial charge in [-0.1, -0.05) is 17.7 Å². The van der Waals surface area contributed by atoms with Gasteiger partial charge in [0.15, 0.2) is 5.82 Å². The monoisotopic (exact) mass is 338 g/mol. The van der Waals surface area contributed by atoms with Gasteiger partial charge in [0.2, 0.25) is 5.91 Å². The van der Waals surface area contributed by atoms with Crippen molar-refractivity contribution in [1.82, 2.24) is 20.5 Å². The van der Waals surface area contributed by atoms with Crippen molar-refractivity contribution in [3.05, 3.63) is 40.4 Å². The Morgan fingerprint density at radius 3 is 2.87 bits per heavy atom. The Balaban J connectivity index is 1.90. The summed E-state index contributed by atoms with van der Waals surface area (Å²) in [5.41, 5.74) is 0.931. The van der Waals surface area contributed by atoms with Gasteiger partial charge >= 0.3 is 0 Å². The summed E-state index contributed by atoms with van der Waals surface area (Å²) >= 11 is 6.06. The molecular formula is C15H19ClN4O3. The fourth-order valence-corrected chi connectivity index (χ4v) is 2.38. The minimum atomic E-state index is -0.619. The van der Waals surface area contributed by atoms with E-state index < -0.39 is 6.04 Å². The van der Waals surface area contributed by atoms with E-state index in [0.29, 0.717) is 28.8 Å². The number of nitrogens with zero attached hydrogens (tertiary/aromatic N) is 2. The summed E-state index contributed by atoms with van der Waals surface area (Å²) in [5.74, 6) is 1.39. The van der Waals surface area contributed by atoms with E-state index in [0.717, 1.165) is 5.56 Å². The highest BCUT2D eigenvalue weighted by molar-refractivity contribution is 6.32. The molecule has 3 N–H and O–H groups in total. The molecule has 1 heterocycles. The van der Waals surface area contributed by atoms with Crippen molar-refractivity contribution in [3.63, 3.8) is 0 Å². The summed E-state index contributed by atoms with van der Waals surface area (Å²) in [7, 11) is 1.55. The molecule has 1 amide bonds. The molecule has 0 aliphatic carbocycles. The molecule has 0 saturated heterocycles. The first kappa shape index (κ1) is 17.2. The van der Waals surface area contributed by atoms with Crippen LogP contribution in [0, 0.1) is 6.92 Å². The topological polar surface area (TPSA) is 100 Å². The second-order valence-corrected chi connectivity index (χ2v) is 5.46. The zero-order valence-corrected chi connectivity index (χ0v) is 13.7. The predicted molar refractivity (Wildman–Crippen MR) is 85.4 cm³/mol. The number of aryl methyl sites for hydroxylation is 2. The van der Waals surface area contributed by atoms with Crippen LogP contribution in [0.5, 0.6) is 5.75 Å². The number of aliphatic hydroxyl groups excluding tert-OH is 1. The van der Waals surface area contributed by atoms with Gasteiger partial charge in [-0.15, -0.1) is 0 Å². The van der Waals surface area contributed by atoms with Crippen LogP contribution in [0.1, 0.15) is 29.7 Å². The minimum Gasteiger partial charge on any atom is -0.495 e. The molecule has 2 rings (SSSR count). The first-order valence-electron chi connectivity index (χ1n) is 7.15. The van der Waals surface area contributed by atoms with Crippen molar-refractivity contribution in [1.29, 1.82) is 0 Å². The molecule has 0 spiro atoms. The van der Waals surface area contributed by atoms with Gasteiger partial charge in [-0.25, -0.2) is 4.98 Å². The Morgan fingerprint density at radius 2 is 2.30 bits per heavy atom. The van der Waals surface area contributed by atoms with Crippen LogP contribution >= 0.6 is 11.6 Å². The summed E-state index contributed by atoms with van der Waals surface area (Å²) in [6.07, 6.45) is 0.795. The van der Waals surface area contributed by atoms with E-state index in [4.69, 9.17) is 16.3 Å². The van der Waals surface area contributed by atoms with Gasteiger partial charge in [0, 0.05) is 6.42 Å². The maximum atomic E-state index is 12.0. The molecular weight excluding hydrogens is 320 g/mol. The molecule has 0 aliphatic heterocycles. The van der Waals surface area contributed by atoms with Crippen LogP contribution in [0.2, 0.25) is 5.02 Å². The second kappa shape index (κ2) is 7.94. The number of ether oxygens (including phenoxy) is 1. The maximum absolute atomic E-state index is 12.0. The Labute approximate surface area is 139 Å². The standard InChI is InChI=1S/C15H19ClN4O3/c1-9-17-15(20-19-9)12(8-21)18-14(22)6-4-10-3-5-13(23-2)11(16)7-10/h3,5,7,12,21H,4,6,8H2,1-2H3,(H,18,22)(H,17,19,20)/t12-/m1/s1. The molecule has 0 unspecified atom stereocenters. The van der Waals surface area contributed by atoms with Gasteiger partial charge < -0.3 is 15.2 Å². The van der Waals surface area contributed by atoms with Crippen LogP contribution in [0.3, 0.4) is 0 Å². The lowest BCUT2D eigenvalue weighted by Gasteiger charge is -2.13. The number of H-pyrrole nitrogens is 1. The number of carbonyl (C=O) groups is 1. The van der Waals surface area contributed by atoms with Crippen molar-refractivity contribution in [2.24, 2.45) is 0 Å². The van der Waals surface area contributed by atoms with E-state index in [1.165, 1.54) is 0 Å². The van der Waals surface area contributed by atoms with Gasteiger partial charge in [-0.2, -0.15) is 5.10 Å². The summed E-state index contributed by atoms with van der Waals surface area (Å²) in [5, 5.41) is 19.2. The number of carbonyl (C=O) groups excluding carboxylic acids is 1. The number of aliphatic hydroxyl groups is 1. The number of amides is 1. The molecule has 0 aliphatic rings. The minimum absolute atomic E-state index is 0.196. The number of methoxy groups -OCH3 is 1. The van der Waals surface area contributed by atoms with Crippen LogP contribution in [-0.2, 0) is 11.2 Å². The van der Waals surface area contributed by atoms with Gasteiger partial charge in [-0.3, -0.25) is 9.89 Å². The third kappa shape index (κ3) is 4.67. The lowest BCUT2D eigenvalue weighted by Crippen LogP contribution is -2.31. The summed E-state index contributed by atoms with van der Waals surface area (Å²) in [4.78, 5) is 16.1. The first-order valence-corrected chi connectivity index (χ1v) is 7.52. The second-order valence-electron chi connectivity index (χ2n) is 5.05. The van der Waals surface area contributed by atoms with Gasteiger partial charge in [0.05, 0.1) is 18.7 Å². The SMILES string of the molecule is COc1ccc(CCC(=O)N[C@H](CO)c2n[nH]c(C)n2)cc1Cl. The molecule has 1 aromatic carbocycles. The number of halogens is 1. The van der Waals surface area contributed by atoms with E-state index in [1.807, 2.05) is 6.07 Å². The highest BCUT2D eigenvalue weighted by Gasteiger charge is 2.17. The lowest BCUT2D eigenvalue weighted by molar-refractivity contribution is -0.122. The molecule has 1 atom stereocenters. The van der Waals surface area contributed by atoms with E-state index in [-0.39, 0.29) is 18.9 Å². The molecule has 8 heteroatoms. The molecule has 0 radical (unpaired) electrons. The van der Waals surface area contributed by atoms with E-state index in [9.17, 15) is 9.90 Å². The highest BCUT2D eigenvalue weighted by Crippen LogP contribution is 2.25. The maximum Gasteiger partial charge on any atom is 0.220 e. The molecule has 124 valence electrons. The molecule has 23 heavy (non-hydrogen) atoms. The van der Waals surface area contributed by atoms with Crippen LogP contribution in [-0.4, -0.2) is 39.9 Å². The van der Waals surface area contributed by atoms with Crippen molar-refractivity contribution in [3.8, 4) is 5.75 Å². The van der Waals surface area contributed by atoms with Crippen LogP contribution < -0.4 is 10.1 Å². The van der Waals surface area contributed by atoms with Gasteiger partial charge in [0.25, 0.3) is 0 Å². The molecule has 7 nitrogen and oxygen atoms in total. The smallest absolute Gasteiger partial charge is 0.220 e. The molecule has 0 saturated carbocycles. The van der Waals surface area contributed by atoms with Gasteiger partial charge in [-0.05, 0) is 31.0 Å². The number of aromatic amines is 1. The summed E-state index contributed by atoms with van der Waals surface area (Å²) in [6.45, 7) is 1.48. The fourth-order valence-electron chi connectivity index (χ4n) is 2.10. The molecule has 2 aromatic rings. The van der Waals surface area contributed by atoms with E-state index in [1.54, 1.807) is 26.2 Å². The third-order valence-electron chi connectivity index (χ3n) is 3.30. The van der Waals surface area contributed by atoms with Gasteiger partial charge in [0.1, 0.15) is 17.6 Å². The number of rotatable bonds is 7. The predicted octanol–water partition coefficient (Wildman–Crippen LogP) is 1.56. The highest BCUT2D eigenvalue weighted by atomic mass is 35.5. The Hall–Kier alpha value is -2.12. The first-order chi connectivity index (χ1) is 11.0. The normalized spacial score (nSPS) is 12.0. The average Bonchev–Trinajstić information content (AvgIpc) is 2.97. The number of aromatic nitrogens is 3. The molecule has 0 fully saturated rings. The Bertz CT molecular complexity index is 674. The molecule has 1 aromatic heterocycles. The zero-order valence-electron chi connectivity index (χ0n) is 13.0. The van der Waals surface area contributed by atoms with Crippen LogP contribution in [0.15, 0.2) is 18.2 Å². The average molecular weight is 339 g/mol. The number of benzene rings is 1. The van der Waals surface area contributed by atoms with Crippen molar-refractivity contribution >= 4 is 17.5 Å². The Kier molecular flexibility index (Phi) is 5.95. The fraction of sp³-hybridized carbons (Fsp3) is 0.400.